The average Bonchev–Trinajstić information content (AvgIpc) is 2.72. The third-order valence-electron chi connectivity index (χ3n) is 3.29. The van der Waals surface area contributed by atoms with Gasteiger partial charge < -0.3 is 14.0 Å². The maximum Gasteiger partial charge on any atom is 0.161 e. The minimum absolute atomic E-state index is 0.644. The summed E-state index contributed by atoms with van der Waals surface area (Å²) in [5.41, 5.74) is 3.75. The molecule has 0 N–H and O–H groups in total. The first-order valence-corrected chi connectivity index (χ1v) is 6.58. The fourth-order valence-electron chi connectivity index (χ4n) is 2.22. The Balaban J connectivity index is 2.26. The number of methoxy groups -OCH3 is 1. The second-order valence-corrected chi connectivity index (χ2v) is 4.62. The summed E-state index contributed by atoms with van der Waals surface area (Å²) in [5.74, 6) is 1.59. The molecule has 1 heterocycles. The Labute approximate surface area is 114 Å². The molecule has 0 saturated carbocycles. The van der Waals surface area contributed by atoms with Crippen molar-refractivity contribution in [3.63, 3.8) is 0 Å². The van der Waals surface area contributed by atoms with Crippen LogP contribution in [0.4, 0.5) is 0 Å². The zero-order chi connectivity index (χ0) is 13.8. The molecule has 0 amide bonds. The van der Waals surface area contributed by atoms with Gasteiger partial charge in [-0.1, -0.05) is 6.07 Å². The highest BCUT2D eigenvalue weighted by atomic mass is 16.5. The Hall–Kier alpha value is -1.90. The molecule has 1 aromatic heterocycles. The average molecular weight is 259 g/mol. The molecule has 0 aliphatic heterocycles. The largest absolute Gasteiger partial charge is 0.493 e. The quantitative estimate of drug-likeness (QED) is 0.819. The van der Waals surface area contributed by atoms with Crippen LogP contribution in [0.3, 0.4) is 0 Å². The molecule has 0 atom stereocenters. The van der Waals surface area contributed by atoms with E-state index in [1.807, 2.05) is 19.1 Å². The van der Waals surface area contributed by atoms with Gasteiger partial charge in [-0.15, -0.1) is 0 Å². The van der Waals surface area contributed by atoms with Crippen LogP contribution in [0.15, 0.2) is 30.3 Å². The van der Waals surface area contributed by atoms with Crippen LogP contribution < -0.4 is 9.47 Å². The first kappa shape index (κ1) is 13.5. The van der Waals surface area contributed by atoms with Crippen molar-refractivity contribution in [1.29, 1.82) is 0 Å². The molecule has 0 saturated heterocycles. The van der Waals surface area contributed by atoms with Crippen molar-refractivity contribution >= 4 is 0 Å². The minimum Gasteiger partial charge on any atom is -0.493 e. The van der Waals surface area contributed by atoms with Gasteiger partial charge >= 0.3 is 0 Å². The van der Waals surface area contributed by atoms with Gasteiger partial charge in [0.2, 0.25) is 0 Å². The Morgan fingerprint density at radius 1 is 1.00 bits per heavy atom. The Kier molecular flexibility index (Phi) is 4.15. The molecule has 3 nitrogen and oxygen atoms in total. The molecule has 102 valence electrons. The number of aryl methyl sites for hydroxylation is 2. The van der Waals surface area contributed by atoms with Gasteiger partial charge in [0.1, 0.15) is 0 Å². The zero-order valence-electron chi connectivity index (χ0n) is 12.1. The number of hydrogen-bond donors (Lipinski definition) is 0. The first-order chi connectivity index (χ1) is 9.15. The monoisotopic (exact) mass is 259 g/mol. The van der Waals surface area contributed by atoms with E-state index in [-0.39, 0.29) is 0 Å². The van der Waals surface area contributed by atoms with E-state index >= 15 is 0 Å². The van der Waals surface area contributed by atoms with Crippen molar-refractivity contribution in [3.05, 3.63) is 47.3 Å². The second-order valence-electron chi connectivity index (χ2n) is 4.62. The van der Waals surface area contributed by atoms with Gasteiger partial charge in [-0.3, -0.25) is 0 Å². The smallest absolute Gasteiger partial charge is 0.161 e. The van der Waals surface area contributed by atoms with Gasteiger partial charge in [0.05, 0.1) is 13.7 Å². The van der Waals surface area contributed by atoms with Gasteiger partial charge in [-0.25, -0.2) is 0 Å². The zero-order valence-corrected chi connectivity index (χ0v) is 12.1. The highest BCUT2D eigenvalue weighted by Crippen LogP contribution is 2.28. The van der Waals surface area contributed by atoms with Crippen molar-refractivity contribution in [3.8, 4) is 11.5 Å². The van der Waals surface area contributed by atoms with E-state index in [1.165, 1.54) is 17.0 Å². The summed E-state index contributed by atoms with van der Waals surface area (Å²) >= 11 is 0. The maximum absolute atomic E-state index is 5.53. The van der Waals surface area contributed by atoms with E-state index in [0.717, 1.165) is 18.0 Å². The fraction of sp³-hybridized carbons (Fsp3) is 0.375. The summed E-state index contributed by atoms with van der Waals surface area (Å²) in [5, 5.41) is 0. The van der Waals surface area contributed by atoms with E-state index in [0.29, 0.717) is 6.61 Å². The molecule has 3 heteroatoms. The number of nitrogens with zero attached hydrogens (tertiary/aromatic N) is 1. The molecule has 0 aliphatic carbocycles. The normalized spacial score (nSPS) is 10.5. The van der Waals surface area contributed by atoms with Crippen molar-refractivity contribution < 1.29 is 9.47 Å². The second kappa shape index (κ2) is 5.83. The number of ether oxygens (including phenoxy) is 2. The summed E-state index contributed by atoms with van der Waals surface area (Å²) in [4.78, 5) is 0. The molecule has 0 unspecified atom stereocenters. The van der Waals surface area contributed by atoms with Crippen molar-refractivity contribution in [2.45, 2.75) is 27.3 Å². The predicted molar refractivity (Wildman–Crippen MR) is 77.2 cm³/mol. The first-order valence-electron chi connectivity index (χ1n) is 6.58. The van der Waals surface area contributed by atoms with Gasteiger partial charge in [-0.2, -0.15) is 0 Å². The molecule has 0 radical (unpaired) electrons. The third-order valence-corrected chi connectivity index (χ3v) is 3.29. The number of benzene rings is 1. The summed E-state index contributed by atoms with van der Waals surface area (Å²) in [7, 11) is 1.67. The van der Waals surface area contributed by atoms with Crippen LogP contribution in [0.1, 0.15) is 23.9 Å². The number of rotatable bonds is 5. The molecule has 1 aromatic carbocycles. The van der Waals surface area contributed by atoms with Gasteiger partial charge in [-0.05, 0) is 50.6 Å². The molecule has 2 aromatic rings. The van der Waals surface area contributed by atoms with E-state index in [4.69, 9.17) is 9.47 Å². The van der Waals surface area contributed by atoms with Gasteiger partial charge in [0, 0.05) is 17.9 Å². The molecular weight excluding hydrogens is 238 g/mol. The van der Waals surface area contributed by atoms with Crippen LogP contribution in [0.5, 0.6) is 11.5 Å². The van der Waals surface area contributed by atoms with Crippen LogP contribution in [0, 0.1) is 13.8 Å². The summed E-state index contributed by atoms with van der Waals surface area (Å²) < 4.78 is 13.2. The van der Waals surface area contributed by atoms with Crippen LogP contribution in [0.25, 0.3) is 0 Å². The SMILES string of the molecule is CCOc1ccc(Cn2c(C)ccc2C)cc1OC. The van der Waals surface area contributed by atoms with Crippen LogP contribution in [-0.2, 0) is 6.54 Å². The highest BCUT2D eigenvalue weighted by Gasteiger charge is 2.07. The molecule has 0 spiro atoms. The van der Waals surface area contributed by atoms with E-state index < -0.39 is 0 Å². The number of aromatic nitrogens is 1. The summed E-state index contributed by atoms with van der Waals surface area (Å²) in [6.45, 7) is 7.72. The lowest BCUT2D eigenvalue weighted by molar-refractivity contribution is 0.310. The Morgan fingerprint density at radius 2 is 1.68 bits per heavy atom. The van der Waals surface area contributed by atoms with E-state index in [2.05, 4.69) is 36.6 Å². The van der Waals surface area contributed by atoms with E-state index in [1.54, 1.807) is 7.11 Å². The van der Waals surface area contributed by atoms with Crippen LogP contribution in [0.2, 0.25) is 0 Å². The molecule has 2 rings (SSSR count). The lowest BCUT2D eigenvalue weighted by Crippen LogP contribution is -2.04. The summed E-state index contributed by atoms with van der Waals surface area (Å²) in [6, 6.07) is 10.4. The minimum atomic E-state index is 0.644. The standard InChI is InChI=1S/C16H21NO2/c1-5-19-15-9-8-14(10-16(15)18-4)11-17-12(2)6-7-13(17)3/h6-10H,5,11H2,1-4H3. The topological polar surface area (TPSA) is 23.4 Å². The van der Waals surface area contributed by atoms with Crippen molar-refractivity contribution in [2.75, 3.05) is 13.7 Å². The molecule has 0 fully saturated rings. The van der Waals surface area contributed by atoms with Gasteiger partial charge in [0.25, 0.3) is 0 Å². The van der Waals surface area contributed by atoms with Crippen molar-refractivity contribution in [1.82, 2.24) is 4.57 Å². The molecule has 0 bridgehead atoms. The lowest BCUT2D eigenvalue weighted by Gasteiger charge is -2.13. The Morgan fingerprint density at radius 3 is 2.26 bits per heavy atom. The lowest BCUT2D eigenvalue weighted by atomic mass is 10.2. The third kappa shape index (κ3) is 2.92. The fourth-order valence-corrected chi connectivity index (χ4v) is 2.22. The van der Waals surface area contributed by atoms with Crippen molar-refractivity contribution in [2.24, 2.45) is 0 Å². The van der Waals surface area contributed by atoms with Crippen LogP contribution >= 0.6 is 0 Å². The maximum atomic E-state index is 5.53. The van der Waals surface area contributed by atoms with Crippen LogP contribution in [-0.4, -0.2) is 18.3 Å². The van der Waals surface area contributed by atoms with Gasteiger partial charge in [0.15, 0.2) is 11.5 Å². The molecule has 0 aliphatic rings. The number of hydrogen-bond acceptors (Lipinski definition) is 2. The predicted octanol–water partition coefficient (Wildman–Crippen LogP) is 3.56. The Bertz CT molecular complexity index is 538. The molecular formula is C16H21NO2. The summed E-state index contributed by atoms with van der Waals surface area (Å²) in [6.07, 6.45) is 0. The highest BCUT2D eigenvalue weighted by molar-refractivity contribution is 5.43. The molecule has 19 heavy (non-hydrogen) atoms. The van der Waals surface area contributed by atoms with E-state index in [9.17, 15) is 0 Å².